The van der Waals surface area contributed by atoms with Crippen LogP contribution in [0.25, 0.3) is 10.8 Å². The van der Waals surface area contributed by atoms with E-state index >= 15 is 0 Å². The van der Waals surface area contributed by atoms with Crippen LogP contribution in [0.5, 0.6) is 5.75 Å². The summed E-state index contributed by atoms with van der Waals surface area (Å²) in [5, 5.41) is 7.09. The van der Waals surface area contributed by atoms with Crippen molar-refractivity contribution in [2.24, 2.45) is 0 Å². The third-order valence-corrected chi connectivity index (χ3v) is 7.69. The van der Waals surface area contributed by atoms with Gasteiger partial charge in [-0.05, 0) is 73.3 Å². The number of hydrogen-bond donors (Lipinski definition) is 2. The summed E-state index contributed by atoms with van der Waals surface area (Å²) in [5.74, 6) is -2.34. The summed E-state index contributed by atoms with van der Waals surface area (Å²) < 4.78 is 45.6. The van der Waals surface area contributed by atoms with Gasteiger partial charge in [0.25, 0.3) is 11.8 Å². The number of rotatable bonds is 8. The number of alkyl halides is 2. The molecular weight excluding hydrogens is 632 g/mol. The molecule has 45 heavy (non-hydrogen) atoms. The highest BCUT2D eigenvalue weighted by molar-refractivity contribution is 6.31. The smallest absolute Gasteiger partial charge is 0.387 e. The number of carbonyl (C=O) groups excluding carboxylic acids is 3. The molecule has 0 radical (unpaired) electrons. The van der Waals surface area contributed by atoms with Gasteiger partial charge in [0.1, 0.15) is 17.6 Å². The number of nitrogens with one attached hydrogen (secondary N) is 2. The average Bonchev–Trinajstić information content (AvgIpc) is 3.11. The van der Waals surface area contributed by atoms with Crippen LogP contribution >= 0.6 is 24.0 Å². The van der Waals surface area contributed by atoms with E-state index in [4.69, 9.17) is 16.3 Å². The number of halogens is 5. The minimum Gasteiger partial charge on any atom is -0.434 e. The Kier molecular flexibility index (Phi) is 10.6. The van der Waals surface area contributed by atoms with Crippen molar-refractivity contribution in [1.82, 2.24) is 10.6 Å². The topological polar surface area (TPSA) is 91.0 Å². The van der Waals surface area contributed by atoms with Crippen molar-refractivity contribution >= 4 is 63.9 Å². The second-order valence-corrected chi connectivity index (χ2v) is 10.6. The number of amides is 3. The van der Waals surface area contributed by atoms with Crippen molar-refractivity contribution in [2.75, 3.05) is 23.4 Å². The van der Waals surface area contributed by atoms with Crippen LogP contribution in [0.15, 0.2) is 78.9 Å². The van der Waals surface area contributed by atoms with Gasteiger partial charge in [0.15, 0.2) is 0 Å². The Morgan fingerprint density at radius 3 is 2.42 bits per heavy atom. The summed E-state index contributed by atoms with van der Waals surface area (Å²) >= 11 is 6.38. The monoisotopic (exact) mass is 660 g/mol. The van der Waals surface area contributed by atoms with Crippen molar-refractivity contribution in [3.8, 4) is 5.75 Å². The number of ether oxygens (including phenoxy) is 1. The Balaban J connectivity index is 0.00000461. The van der Waals surface area contributed by atoms with Crippen molar-refractivity contribution in [3.63, 3.8) is 0 Å². The molecule has 0 saturated heterocycles. The number of nitrogens with zero attached hydrogens (tertiary/aromatic N) is 2. The molecule has 5 rings (SSSR count). The molecule has 0 aliphatic carbocycles. The normalized spacial score (nSPS) is 15.3. The maximum absolute atomic E-state index is 14.3. The second kappa shape index (κ2) is 14.2. The summed E-state index contributed by atoms with van der Waals surface area (Å²) in [5.41, 5.74) is 0.901. The molecule has 1 heterocycles. The SMILES string of the molecule is CNC(C)C(=O)NC1CN(C(=O)c2ccc(F)cc2)c2cc(Cl)ccc2N(Cc2c(OC(F)F)ccc3ccccc23)C1=O.Cl. The van der Waals surface area contributed by atoms with E-state index < -0.39 is 42.2 Å². The van der Waals surface area contributed by atoms with Gasteiger partial charge in [0.2, 0.25) is 5.91 Å². The van der Waals surface area contributed by atoms with E-state index in [0.717, 1.165) is 17.5 Å². The fraction of sp³-hybridized carbons (Fsp3) is 0.219. The van der Waals surface area contributed by atoms with Gasteiger partial charge in [-0.25, -0.2) is 4.39 Å². The Bertz CT molecular complexity index is 1720. The van der Waals surface area contributed by atoms with Crippen LogP contribution in [-0.4, -0.2) is 50.0 Å². The Hall–Kier alpha value is -4.32. The van der Waals surface area contributed by atoms with Gasteiger partial charge < -0.3 is 25.2 Å². The first-order valence-corrected chi connectivity index (χ1v) is 14.1. The molecular formula is C32H29Cl2F3N4O4. The van der Waals surface area contributed by atoms with Crippen LogP contribution in [0.1, 0.15) is 22.8 Å². The third kappa shape index (κ3) is 7.16. The van der Waals surface area contributed by atoms with E-state index in [9.17, 15) is 27.6 Å². The molecule has 4 aromatic rings. The van der Waals surface area contributed by atoms with Crippen LogP contribution < -0.4 is 25.2 Å². The van der Waals surface area contributed by atoms with E-state index in [0.29, 0.717) is 10.9 Å². The van der Waals surface area contributed by atoms with Crippen molar-refractivity contribution in [1.29, 1.82) is 0 Å². The van der Waals surface area contributed by atoms with E-state index in [-0.39, 0.29) is 53.2 Å². The third-order valence-electron chi connectivity index (χ3n) is 7.46. The van der Waals surface area contributed by atoms with Gasteiger partial charge in [-0.2, -0.15) is 8.78 Å². The quantitative estimate of drug-likeness (QED) is 0.244. The number of hydrogen-bond acceptors (Lipinski definition) is 5. The Morgan fingerprint density at radius 1 is 1.02 bits per heavy atom. The Labute approximate surface area is 268 Å². The summed E-state index contributed by atoms with van der Waals surface area (Å²) in [6.07, 6.45) is 0. The molecule has 0 aromatic heterocycles. The van der Waals surface area contributed by atoms with Gasteiger partial charge >= 0.3 is 6.61 Å². The zero-order chi connectivity index (χ0) is 31.5. The second-order valence-electron chi connectivity index (χ2n) is 10.2. The summed E-state index contributed by atoms with van der Waals surface area (Å²) in [6, 6.07) is 17.6. The standard InChI is InChI=1S/C32H28ClF3N4O4.ClH/c1-18(37-2)29(41)38-25-17-40(30(42)20-7-11-22(34)12-8-20)27-15-21(33)10-13-26(27)39(31(25)43)16-24-23-6-4-3-5-19(23)9-14-28(24)44-32(35)36;/h3-15,18,25,32,37H,16-17H2,1-2H3,(H,38,41);1H. The maximum atomic E-state index is 14.3. The summed E-state index contributed by atoms with van der Waals surface area (Å²) in [4.78, 5) is 43.9. The van der Waals surface area contributed by atoms with Crippen molar-refractivity contribution in [3.05, 3.63) is 101 Å². The van der Waals surface area contributed by atoms with Crippen LogP contribution in [0.3, 0.4) is 0 Å². The van der Waals surface area contributed by atoms with Gasteiger partial charge in [-0.15, -0.1) is 12.4 Å². The predicted octanol–water partition coefficient (Wildman–Crippen LogP) is 5.94. The first-order valence-electron chi connectivity index (χ1n) is 13.7. The fourth-order valence-corrected chi connectivity index (χ4v) is 5.26. The van der Waals surface area contributed by atoms with Crippen molar-refractivity contribution < 1.29 is 32.3 Å². The molecule has 3 amide bonds. The molecule has 2 unspecified atom stereocenters. The lowest BCUT2D eigenvalue weighted by molar-refractivity contribution is -0.128. The van der Waals surface area contributed by atoms with Crippen LogP contribution in [0.4, 0.5) is 24.5 Å². The number of fused-ring (bicyclic) bond motifs is 2. The van der Waals surface area contributed by atoms with Gasteiger partial charge in [0.05, 0.1) is 30.5 Å². The molecule has 0 saturated carbocycles. The summed E-state index contributed by atoms with van der Waals surface area (Å²) in [7, 11) is 1.58. The highest BCUT2D eigenvalue weighted by Crippen LogP contribution is 2.39. The van der Waals surface area contributed by atoms with Crippen LogP contribution in [-0.2, 0) is 16.1 Å². The molecule has 2 atom stereocenters. The minimum atomic E-state index is -3.13. The number of likely N-dealkylation sites (N-methyl/N-ethyl adjacent to an activating group) is 1. The van der Waals surface area contributed by atoms with Gasteiger partial charge in [-0.1, -0.05) is 41.9 Å². The lowest BCUT2D eigenvalue weighted by Crippen LogP contribution is -2.55. The molecule has 2 N–H and O–H groups in total. The fourth-order valence-electron chi connectivity index (χ4n) is 5.09. The van der Waals surface area contributed by atoms with Gasteiger partial charge in [-0.3, -0.25) is 14.4 Å². The molecule has 0 fully saturated rings. The van der Waals surface area contributed by atoms with E-state index in [1.54, 1.807) is 50.4 Å². The first-order chi connectivity index (χ1) is 21.1. The highest BCUT2D eigenvalue weighted by Gasteiger charge is 2.38. The molecule has 1 aliphatic heterocycles. The number of benzene rings is 4. The van der Waals surface area contributed by atoms with E-state index in [1.807, 2.05) is 0 Å². The molecule has 1 aliphatic rings. The number of carbonyl (C=O) groups is 3. The molecule has 0 bridgehead atoms. The number of anilines is 2. The maximum Gasteiger partial charge on any atom is 0.387 e. The van der Waals surface area contributed by atoms with Crippen LogP contribution in [0.2, 0.25) is 5.02 Å². The predicted molar refractivity (Wildman–Crippen MR) is 169 cm³/mol. The zero-order valence-corrected chi connectivity index (χ0v) is 25.7. The summed E-state index contributed by atoms with van der Waals surface area (Å²) in [6.45, 7) is -2.06. The molecule has 236 valence electrons. The molecule has 4 aromatic carbocycles. The molecule has 8 nitrogen and oxygen atoms in total. The Morgan fingerprint density at radius 2 is 1.73 bits per heavy atom. The molecule has 0 spiro atoms. The average molecular weight is 662 g/mol. The highest BCUT2D eigenvalue weighted by atomic mass is 35.5. The van der Waals surface area contributed by atoms with E-state index in [1.165, 1.54) is 40.1 Å². The largest absolute Gasteiger partial charge is 0.434 e. The molecule has 13 heteroatoms. The minimum absolute atomic E-state index is 0. The first kappa shape index (κ1) is 33.6. The van der Waals surface area contributed by atoms with Gasteiger partial charge in [0, 0.05) is 16.1 Å². The lowest BCUT2D eigenvalue weighted by Gasteiger charge is -2.27. The zero-order valence-electron chi connectivity index (χ0n) is 24.1. The van der Waals surface area contributed by atoms with Crippen LogP contribution in [0, 0.1) is 5.82 Å². The van der Waals surface area contributed by atoms with Crippen molar-refractivity contribution in [2.45, 2.75) is 32.2 Å². The lowest BCUT2D eigenvalue weighted by atomic mass is 10.0. The van der Waals surface area contributed by atoms with E-state index in [2.05, 4.69) is 10.6 Å².